The van der Waals surface area contributed by atoms with Gasteiger partial charge in [0, 0.05) is 31.3 Å². The Balaban J connectivity index is 0.891. The van der Waals surface area contributed by atoms with Crippen LogP contribution in [-0.4, -0.2) is 114 Å². The molecule has 1 aromatic heterocycles. The summed E-state index contributed by atoms with van der Waals surface area (Å²) in [5, 5.41) is 5.92. The second-order valence-corrected chi connectivity index (χ2v) is 21.1. The summed E-state index contributed by atoms with van der Waals surface area (Å²) in [4.78, 5) is 82.8. The molecule has 3 aromatic carbocycles. The number of hydrogen-bond acceptors (Lipinski definition) is 11. The molecule has 2 aliphatic carbocycles. The number of hydrogen-bond donors (Lipinski definition) is 3. The molecule has 1 saturated carbocycles. The van der Waals surface area contributed by atoms with Crippen molar-refractivity contribution in [1.82, 2.24) is 30.4 Å². The van der Waals surface area contributed by atoms with E-state index in [4.69, 9.17) is 28.9 Å². The maximum atomic E-state index is 14.2. The average molecular weight is 968 g/mol. The highest BCUT2D eigenvalue weighted by atomic mass is 16.7. The van der Waals surface area contributed by atoms with E-state index in [1.165, 1.54) is 56.6 Å². The first-order valence-corrected chi connectivity index (χ1v) is 25.3. The van der Waals surface area contributed by atoms with Gasteiger partial charge in [-0.1, -0.05) is 83.0 Å². The molecule has 4 amide bonds. The maximum Gasteiger partial charge on any atom is 0.407 e. The normalized spacial score (nSPS) is 21.8. The fourth-order valence-electron chi connectivity index (χ4n) is 12.2. The lowest BCUT2D eigenvalue weighted by atomic mass is 9.82. The largest absolute Gasteiger partial charge is 0.453 e. The summed E-state index contributed by atoms with van der Waals surface area (Å²) in [5.74, 6) is -1.27. The van der Waals surface area contributed by atoms with Crippen molar-refractivity contribution >= 4 is 46.2 Å². The Morgan fingerprint density at radius 2 is 1.35 bits per heavy atom. The third-order valence-electron chi connectivity index (χ3n) is 16.0. The summed E-state index contributed by atoms with van der Waals surface area (Å²) in [5.41, 5.74) is 10.7. The number of allylic oxidation sites excluding steroid dienone is 1. The minimum Gasteiger partial charge on any atom is -0.453 e. The van der Waals surface area contributed by atoms with Crippen LogP contribution >= 0.6 is 0 Å². The van der Waals surface area contributed by atoms with Crippen molar-refractivity contribution in [3.8, 4) is 22.3 Å². The van der Waals surface area contributed by atoms with Crippen molar-refractivity contribution in [3.05, 3.63) is 93.7 Å². The summed E-state index contributed by atoms with van der Waals surface area (Å²) in [7, 11) is 2.56. The van der Waals surface area contributed by atoms with E-state index in [-0.39, 0.29) is 47.2 Å². The molecule has 3 saturated heterocycles. The summed E-state index contributed by atoms with van der Waals surface area (Å²) >= 11 is 0. The zero-order chi connectivity index (χ0) is 49.8. The number of rotatable bonds is 11. The van der Waals surface area contributed by atoms with E-state index in [0.29, 0.717) is 55.7 Å². The van der Waals surface area contributed by atoms with Gasteiger partial charge in [0.25, 0.3) is 5.56 Å². The molecule has 16 heteroatoms. The van der Waals surface area contributed by atoms with Crippen LogP contribution in [0, 0.1) is 17.3 Å². The third-order valence-corrected chi connectivity index (χ3v) is 16.0. The smallest absolute Gasteiger partial charge is 0.407 e. The van der Waals surface area contributed by atoms with E-state index in [1.807, 2.05) is 46.0 Å². The molecular weight excluding hydrogens is 903 g/mol. The Kier molecular flexibility index (Phi) is 13.1. The van der Waals surface area contributed by atoms with Gasteiger partial charge in [-0.15, -0.1) is 0 Å². The molecule has 5 heterocycles. The van der Waals surface area contributed by atoms with Crippen molar-refractivity contribution in [2.24, 2.45) is 22.2 Å². The maximum absolute atomic E-state index is 14.2. The summed E-state index contributed by atoms with van der Waals surface area (Å²) in [6, 6.07) is 16.8. The monoisotopic (exact) mass is 967 g/mol. The van der Waals surface area contributed by atoms with Crippen LogP contribution in [0.3, 0.4) is 0 Å². The molecule has 71 heavy (non-hydrogen) atoms. The van der Waals surface area contributed by atoms with Crippen LogP contribution in [0.5, 0.6) is 0 Å². The number of amides is 4. The Labute approximate surface area is 413 Å². The quantitative estimate of drug-likeness (QED) is 0.133. The van der Waals surface area contributed by atoms with Gasteiger partial charge in [0.1, 0.15) is 17.9 Å². The molecular formula is C55H65N7O9. The molecule has 4 aliphatic heterocycles. The minimum absolute atomic E-state index is 0.174. The van der Waals surface area contributed by atoms with Gasteiger partial charge in [0.15, 0.2) is 5.79 Å². The highest BCUT2D eigenvalue weighted by molar-refractivity contribution is 6.04. The van der Waals surface area contributed by atoms with Gasteiger partial charge < -0.3 is 44.4 Å². The molecule has 6 aliphatic rings. The number of ether oxygens (including phenoxy) is 4. The van der Waals surface area contributed by atoms with Crippen molar-refractivity contribution in [2.75, 3.05) is 40.5 Å². The average Bonchev–Trinajstić information content (AvgIpc) is 4.25. The number of carbonyl (C=O) groups excluding carboxylic acids is 4. The SMILES string of the molecule is COC(=O)N[C@H](C(=O)N1CC2(C[C@H]1C1=NC=C(c3ccc(-c4ccc(-c5ccc6nc([C@@H]7CCCN7C(=O)[C@@H](NC(=O)OC)C(C)C)[nH]c(=O)c6c5)c5c4CC4(CCCC4)C5)cc3)C1)OCCO2)C(C)C. The highest BCUT2D eigenvalue weighted by Gasteiger charge is 2.53. The number of aromatic nitrogens is 2. The number of nitrogens with one attached hydrogen (secondary N) is 3. The number of H-pyrrole nitrogens is 1. The second-order valence-electron chi connectivity index (χ2n) is 21.1. The summed E-state index contributed by atoms with van der Waals surface area (Å²) in [6.45, 7) is 9.18. The predicted octanol–water partition coefficient (Wildman–Crippen LogP) is 7.87. The predicted molar refractivity (Wildman–Crippen MR) is 268 cm³/mol. The Hall–Kier alpha value is -6.39. The van der Waals surface area contributed by atoms with E-state index in [2.05, 4.69) is 58.1 Å². The minimum atomic E-state index is -0.909. The lowest BCUT2D eigenvalue weighted by Crippen LogP contribution is -2.54. The number of methoxy groups -OCH3 is 2. The molecule has 374 valence electrons. The number of aliphatic imine (C=N–C) groups is 1. The lowest BCUT2D eigenvalue weighted by Gasteiger charge is -2.31. The van der Waals surface area contributed by atoms with E-state index in [0.717, 1.165) is 52.8 Å². The van der Waals surface area contributed by atoms with Crippen molar-refractivity contribution in [2.45, 2.75) is 122 Å². The fraction of sp³-hybridized carbons (Fsp3) is 0.509. The number of likely N-dealkylation sites (tertiary alicyclic amines) is 2. The zero-order valence-electron chi connectivity index (χ0n) is 41.6. The number of carbonyl (C=O) groups is 4. The molecule has 4 atom stereocenters. The Morgan fingerprint density at radius 1 is 0.761 bits per heavy atom. The topological polar surface area (TPSA) is 194 Å². The second kappa shape index (κ2) is 19.3. The first-order chi connectivity index (χ1) is 34.2. The van der Waals surface area contributed by atoms with Gasteiger partial charge in [-0.25, -0.2) is 14.6 Å². The van der Waals surface area contributed by atoms with Crippen LogP contribution in [0.1, 0.15) is 108 Å². The van der Waals surface area contributed by atoms with E-state index < -0.39 is 36.1 Å². The Bertz CT molecular complexity index is 2880. The van der Waals surface area contributed by atoms with Crippen LogP contribution in [0.4, 0.5) is 9.59 Å². The molecule has 2 spiro atoms. The number of nitrogens with zero attached hydrogens (tertiary/aromatic N) is 4. The number of benzene rings is 3. The lowest BCUT2D eigenvalue weighted by molar-refractivity contribution is -0.153. The van der Waals surface area contributed by atoms with Gasteiger partial charge in [0.2, 0.25) is 11.8 Å². The fourth-order valence-corrected chi connectivity index (χ4v) is 12.2. The van der Waals surface area contributed by atoms with Gasteiger partial charge in [0.05, 0.1) is 57.0 Å². The molecule has 10 rings (SSSR count). The van der Waals surface area contributed by atoms with Crippen molar-refractivity contribution < 1.29 is 38.1 Å². The molecule has 4 fully saturated rings. The van der Waals surface area contributed by atoms with Crippen LogP contribution < -0.4 is 16.2 Å². The number of alkyl carbamates (subject to hydrolysis) is 2. The van der Waals surface area contributed by atoms with Crippen molar-refractivity contribution in [3.63, 3.8) is 0 Å². The Morgan fingerprint density at radius 3 is 1.97 bits per heavy atom. The molecule has 0 radical (unpaired) electrons. The highest BCUT2D eigenvalue weighted by Crippen LogP contribution is 2.53. The van der Waals surface area contributed by atoms with Gasteiger partial charge >= 0.3 is 12.2 Å². The third kappa shape index (κ3) is 9.13. The molecule has 0 bridgehead atoms. The first kappa shape index (κ1) is 48.2. The summed E-state index contributed by atoms with van der Waals surface area (Å²) < 4.78 is 21.9. The van der Waals surface area contributed by atoms with Crippen LogP contribution in [0.15, 0.2) is 70.6 Å². The molecule has 4 aromatic rings. The van der Waals surface area contributed by atoms with Crippen LogP contribution in [0.25, 0.3) is 38.7 Å². The molecule has 0 unspecified atom stereocenters. The van der Waals surface area contributed by atoms with E-state index >= 15 is 0 Å². The van der Waals surface area contributed by atoms with Crippen LogP contribution in [0.2, 0.25) is 0 Å². The van der Waals surface area contributed by atoms with E-state index in [1.54, 1.807) is 9.80 Å². The first-order valence-electron chi connectivity index (χ1n) is 25.3. The standard InChI is InChI=1S/C55H65N7O9/c1-31(2)46(58-52(66)68-5)50(64)61-21-9-10-44(61)48-57-42-18-15-35(24-39(42)49(63)60-48)38-17-16-37(40-26-54(27-41(38)40)19-7-8-20-54)34-13-11-33(12-14-34)36-25-43(56-29-36)45-28-55(70-22-23-71-55)30-62(45)51(65)47(32(3)4)59-53(67)69-6/h11-18,24,29,31-32,44-47H,7-10,19-23,25-28,30H2,1-6H3,(H,58,66)(H,59,67)(H,57,60,63)/t44-,45-,46-,47-/m0/s1. The molecule has 16 nitrogen and oxygen atoms in total. The number of aromatic amines is 1. The van der Waals surface area contributed by atoms with Crippen LogP contribution in [-0.2, 0) is 41.4 Å². The van der Waals surface area contributed by atoms with Gasteiger partial charge in [-0.3, -0.25) is 19.4 Å². The van der Waals surface area contributed by atoms with Gasteiger partial charge in [-0.05, 0) is 112 Å². The summed E-state index contributed by atoms with van der Waals surface area (Å²) in [6.07, 6.45) is 9.84. The van der Waals surface area contributed by atoms with Gasteiger partial charge in [-0.2, -0.15) is 0 Å². The molecule has 3 N–H and O–H groups in total. The van der Waals surface area contributed by atoms with Crippen molar-refractivity contribution in [1.29, 1.82) is 0 Å². The zero-order valence-corrected chi connectivity index (χ0v) is 41.6. The number of fused-ring (bicyclic) bond motifs is 2. The van der Waals surface area contributed by atoms with E-state index in [9.17, 15) is 24.0 Å².